The molecule has 0 fully saturated rings. The average molecular weight is 295 g/mol. The summed E-state index contributed by atoms with van der Waals surface area (Å²) in [6.07, 6.45) is 1.45. The third-order valence-corrected chi connectivity index (χ3v) is 3.19. The molecule has 22 heavy (non-hydrogen) atoms. The van der Waals surface area contributed by atoms with Crippen LogP contribution >= 0.6 is 0 Å². The van der Waals surface area contributed by atoms with Gasteiger partial charge in [-0.15, -0.1) is 0 Å². The van der Waals surface area contributed by atoms with Gasteiger partial charge in [0.2, 0.25) is 5.78 Å². The fraction of sp³-hybridized carbons (Fsp3) is 0.111. The summed E-state index contributed by atoms with van der Waals surface area (Å²) in [5.41, 5.74) is 1.41. The molecule has 0 aliphatic heterocycles. The zero-order chi connectivity index (χ0) is 16.1. The van der Waals surface area contributed by atoms with Crippen molar-refractivity contribution in [3.8, 4) is 11.8 Å². The van der Waals surface area contributed by atoms with Crippen LogP contribution in [0.5, 0.6) is 5.75 Å². The first-order chi connectivity index (χ1) is 10.5. The van der Waals surface area contributed by atoms with Gasteiger partial charge >= 0.3 is 0 Å². The van der Waals surface area contributed by atoms with Crippen LogP contribution in [0.1, 0.15) is 21.5 Å². The van der Waals surface area contributed by atoms with E-state index in [0.29, 0.717) is 22.4 Å². The molecule has 110 valence electrons. The SMILES string of the molecule is COc1cccc(C(=O)/C(C#N)=C\c2ccc(F)c(C)c2)c1. The van der Waals surface area contributed by atoms with Gasteiger partial charge < -0.3 is 4.74 Å². The number of rotatable bonds is 4. The molecule has 0 aliphatic rings. The molecule has 0 atom stereocenters. The molecule has 2 rings (SSSR count). The van der Waals surface area contributed by atoms with E-state index in [1.807, 2.05) is 6.07 Å². The lowest BCUT2D eigenvalue weighted by molar-refractivity contribution is 0.103. The number of ether oxygens (including phenoxy) is 1. The molecule has 0 aromatic heterocycles. The molecular weight excluding hydrogens is 281 g/mol. The number of halogens is 1. The molecule has 2 aromatic rings. The average Bonchev–Trinajstić information content (AvgIpc) is 2.55. The van der Waals surface area contributed by atoms with E-state index in [2.05, 4.69) is 0 Å². The monoisotopic (exact) mass is 295 g/mol. The summed E-state index contributed by atoms with van der Waals surface area (Å²) in [5.74, 6) is -0.182. The second-order valence-electron chi connectivity index (χ2n) is 4.74. The highest BCUT2D eigenvalue weighted by Gasteiger charge is 2.13. The minimum atomic E-state index is -0.400. The summed E-state index contributed by atoms with van der Waals surface area (Å²) in [7, 11) is 1.51. The Kier molecular flexibility index (Phi) is 4.70. The normalized spacial score (nSPS) is 10.9. The second-order valence-corrected chi connectivity index (χ2v) is 4.74. The van der Waals surface area contributed by atoms with Crippen LogP contribution in [0, 0.1) is 24.1 Å². The first-order valence-electron chi connectivity index (χ1n) is 6.62. The van der Waals surface area contributed by atoms with Crippen LogP contribution in [0.3, 0.4) is 0 Å². The number of ketones is 1. The van der Waals surface area contributed by atoms with Crippen molar-refractivity contribution in [1.29, 1.82) is 5.26 Å². The van der Waals surface area contributed by atoms with E-state index in [4.69, 9.17) is 4.74 Å². The Balaban J connectivity index is 2.38. The Bertz CT molecular complexity index is 788. The number of nitrogens with zero attached hydrogens (tertiary/aromatic N) is 1. The molecule has 0 heterocycles. The van der Waals surface area contributed by atoms with Crippen molar-refractivity contribution in [2.75, 3.05) is 7.11 Å². The largest absolute Gasteiger partial charge is 0.497 e. The molecule has 0 spiro atoms. The maximum absolute atomic E-state index is 13.3. The minimum absolute atomic E-state index is 0.0146. The standard InChI is InChI=1S/C18H14FNO2/c1-12-8-13(6-7-17(12)19)9-15(11-20)18(21)14-4-3-5-16(10-14)22-2/h3-10H,1-2H3/b15-9-. The van der Waals surface area contributed by atoms with Crippen molar-refractivity contribution in [2.24, 2.45) is 0 Å². The third-order valence-electron chi connectivity index (χ3n) is 3.19. The molecule has 0 radical (unpaired) electrons. The van der Waals surface area contributed by atoms with Gasteiger partial charge in [-0.05, 0) is 48.4 Å². The van der Waals surface area contributed by atoms with Crippen molar-refractivity contribution < 1.29 is 13.9 Å². The van der Waals surface area contributed by atoms with Gasteiger partial charge in [0.1, 0.15) is 23.2 Å². The van der Waals surface area contributed by atoms with Crippen LogP contribution < -0.4 is 4.74 Å². The summed E-state index contributed by atoms with van der Waals surface area (Å²) in [5, 5.41) is 9.23. The summed E-state index contributed by atoms with van der Waals surface area (Å²) in [6.45, 7) is 1.63. The lowest BCUT2D eigenvalue weighted by atomic mass is 10.0. The minimum Gasteiger partial charge on any atom is -0.497 e. The first-order valence-corrected chi connectivity index (χ1v) is 6.62. The van der Waals surface area contributed by atoms with E-state index in [0.717, 1.165) is 0 Å². The number of carbonyl (C=O) groups excluding carboxylic acids is 1. The van der Waals surface area contributed by atoms with E-state index in [1.54, 1.807) is 37.3 Å². The van der Waals surface area contributed by atoms with Crippen LogP contribution in [0.15, 0.2) is 48.0 Å². The molecule has 0 amide bonds. The van der Waals surface area contributed by atoms with Crippen LogP contribution in [-0.4, -0.2) is 12.9 Å². The van der Waals surface area contributed by atoms with Crippen molar-refractivity contribution in [3.05, 3.63) is 70.5 Å². The van der Waals surface area contributed by atoms with Crippen molar-refractivity contribution in [2.45, 2.75) is 6.92 Å². The number of benzene rings is 2. The van der Waals surface area contributed by atoms with Gasteiger partial charge in [0.15, 0.2) is 0 Å². The molecule has 0 unspecified atom stereocenters. The van der Waals surface area contributed by atoms with Crippen molar-refractivity contribution in [3.63, 3.8) is 0 Å². The van der Waals surface area contributed by atoms with Crippen molar-refractivity contribution in [1.82, 2.24) is 0 Å². The Morgan fingerprint density at radius 2 is 2.05 bits per heavy atom. The van der Waals surface area contributed by atoms with Crippen molar-refractivity contribution >= 4 is 11.9 Å². The lowest BCUT2D eigenvalue weighted by Crippen LogP contribution is -2.02. The zero-order valence-corrected chi connectivity index (χ0v) is 12.3. The molecule has 0 bridgehead atoms. The van der Waals surface area contributed by atoms with E-state index >= 15 is 0 Å². The molecule has 0 saturated carbocycles. The topological polar surface area (TPSA) is 50.1 Å². The smallest absolute Gasteiger partial charge is 0.203 e. The van der Waals surface area contributed by atoms with Gasteiger partial charge in [-0.1, -0.05) is 18.2 Å². The predicted octanol–water partition coefficient (Wildman–Crippen LogP) is 3.93. The Morgan fingerprint density at radius 3 is 2.68 bits per heavy atom. The number of allylic oxidation sites excluding steroid dienone is 1. The Morgan fingerprint density at radius 1 is 1.27 bits per heavy atom. The van der Waals surface area contributed by atoms with Crippen LogP contribution in [0.2, 0.25) is 0 Å². The zero-order valence-electron chi connectivity index (χ0n) is 12.3. The number of Topliss-reactive ketones (excluding diaryl/α,β-unsaturated/α-hetero) is 1. The van der Waals surface area contributed by atoms with Gasteiger partial charge in [-0.3, -0.25) is 4.79 Å². The van der Waals surface area contributed by atoms with Gasteiger partial charge in [-0.25, -0.2) is 4.39 Å². The quantitative estimate of drug-likeness (QED) is 0.488. The van der Waals surface area contributed by atoms with E-state index in [-0.39, 0.29) is 11.4 Å². The number of hydrogen-bond donors (Lipinski definition) is 0. The van der Waals surface area contributed by atoms with Crippen LogP contribution in [0.4, 0.5) is 4.39 Å². The van der Waals surface area contributed by atoms with E-state index in [9.17, 15) is 14.4 Å². The molecule has 0 aliphatic carbocycles. The van der Waals surface area contributed by atoms with Crippen LogP contribution in [-0.2, 0) is 0 Å². The highest BCUT2D eigenvalue weighted by Crippen LogP contribution is 2.18. The van der Waals surface area contributed by atoms with Gasteiger partial charge in [0.25, 0.3) is 0 Å². The highest BCUT2D eigenvalue weighted by molar-refractivity contribution is 6.14. The summed E-state index contributed by atoms with van der Waals surface area (Å²) in [4.78, 5) is 12.4. The molecule has 4 heteroatoms. The molecular formula is C18H14FNO2. The number of aryl methyl sites for hydroxylation is 1. The number of carbonyl (C=O) groups is 1. The van der Waals surface area contributed by atoms with Gasteiger partial charge in [0.05, 0.1) is 7.11 Å². The van der Waals surface area contributed by atoms with Crippen LogP contribution in [0.25, 0.3) is 6.08 Å². The summed E-state index contributed by atoms with van der Waals surface area (Å²) < 4.78 is 18.3. The lowest BCUT2D eigenvalue weighted by Gasteiger charge is -2.04. The maximum atomic E-state index is 13.3. The number of nitriles is 1. The molecule has 0 N–H and O–H groups in total. The van der Waals surface area contributed by atoms with Gasteiger partial charge in [0, 0.05) is 5.56 Å². The fourth-order valence-corrected chi connectivity index (χ4v) is 1.99. The van der Waals surface area contributed by atoms with Gasteiger partial charge in [-0.2, -0.15) is 5.26 Å². The third kappa shape index (κ3) is 3.39. The van der Waals surface area contributed by atoms with E-state index < -0.39 is 5.78 Å². The molecule has 3 nitrogen and oxygen atoms in total. The second kappa shape index (κ2) is 6.68. The molecule has 2 aromatic carbocycles. The number of methoxy groups -OCH3 is 1. The van der Waals surface area contributed by atoms with E-state index in [1.165, 1.54) is 25.3 Å². The highest BCUT2D eigenvalue weighted by atomic mass is 19.1. The summed E-state index contributed by atoms with van der Waals surface area (Å²) in [6, 6.07) is 12.9. The number of hydrogen-bond acceptors (Lipinski definition) is 3. The fourth-order valence-electron chi connectivity index (χ4n) is 1.99. The maximum Gasteiger partial charge on any atom is 0.203 e. The molecule has 0 saturated heterocycles. The first kappa shape index (κ1) is 15.5. The Hall–Kier alpha value is -2.93. The summed E-state index contributed by atoms with van der Waals surface area (Å²) >= 11 is 0. The predicted molar refractivity (Wildman–Crippen MR) is 82.1 cm³/mol. The Labute approximate surface area is 128 Å².